The first-order chi connectivity index (χ1) is 15.6. The van der Waals surface area contributed by atoms with Crippen LogP contribution in [0.3, 0.4) is 0 Å². The Kier molecular flexibility index (Phi) is 7.47. The summed E-state index contributed by atoms with van der Waals surface area (Å²) in [6, 6.07) is 12.3. The number of benzene rings is 1. The zero-order valence-corrected chi connectivity index (χ0v) is 19.0. The molecule has 2 heterocycles. The molecule has 1 aromatic carbocycles. The molecule has 0 bridgehead atoms. The molecule has 32 heavy (non-hydrogen) atoms. The maximum atomic E-state index is 12.7. The van der Waals surface area contributed by atoms with E-state index in [1.165, 1.54) is 32.1 Å². The first kappa shape index (κ1) is 22.4. The molecule has 0 spiro atoms. The lowest BCUT2D eigenvalue weighted by molar-refractivity contribution is -0.122. The van der Waals surface area contributed by atoms with Crippen LogP contribution in [-0.4, -0.2) is 54.7 Å². The molecule has 172 valence electrons. The number of nitrogens with zero attached hydrogens (tertiary/aromatic N) is 3. The van der Waals surface area contributed by atoms with E-state index in [4.69, 9.17) is 4.74 Å². The molecule has 1 aliphatic carbocycles. The molecule has 1 saturated carbocycles. The fraction of sp³-hybridized carbons (Fsp3) is 0.520. The van der Waals surface area contributed by atoms with Crippen molar-refractivity contribution in [2.24, 2.45) is 0 Å². The van der Waals surface area contributed by atoms with Gasteiger partial charge in [-0.1, -0.05) is 37.5 Å². The van der Waals surface area contributed by atoms with E-state index in [-0.39, 0.29) is 29.7 Å². The normalized spacial score (nSPS) is 17.8. The number of amides is 1. The van der Waals surface area contributed by atoms with E-state index >= 15 is 0 Å². The standard InChI is InChI=1S/C25H34N4O3/c1-32-24-18-29(19-25(31)26-20-8-4-2-5-9-20)22(16-23(24)30)17-27-12-14-28(15-13-27)21-10-6-3-7-11-21/h3,6-7,10-11,16,18,20H,2,4-5,8-9,12-15,17,19H2,1H3,(H,26,31). The number of hydrogen-bond acceptors (Lipinski definition) is 5. The molecule has 7 heteroatoms. The first-order valence-electron chi connectivity index (χ1n) is 11.7. The molecule has 4 rings (SSSR count). The summed E-state index contributed by atoms with van der Waals surface area (Å²) >= 11 is 0. The number of anilines is 1. The molecule has 2 aliphatic rings. The summed E-state index contributed by atoms with van der Waals surface area (Å²) in [4.78, 5) is 29.9. The number of piperazine rings is 1. The Morgan fingerprint density at radius 2 is 1.78 bits per heavy atom. The van der Waals surface area contributed by atoms with Gasteiger partial charge in [0.1, 0.15) is 6.54 Å². The van der Waals surface area contributed by atoms with E-state index in [1.54, 1.807) is 12.3 Å². The molecule has 0 radical (unpaired) electrons. The van der Waals surface area contributed by atoms with Crippen molar-refractivity contribution in [3.05, 3.63) is 58.5 Å². The highest BCUT2D eigenvalue weighted by atomic mass is 16.5. The van der Waals surface area contributed by atoms with E-state index in [0.717, 1.165) is 44.7 Å². The predicted molar refractivity (Wildman–Crippen MR) is 126 cm³/mol. The van der Waals surface area contributed by atoms with Crippen LogP contribution >= 0.6 is 0 Å². The molecule has 1 aliphatic heterocycles. The number of nitrogens with one attached hydrogen (secondary N) is 1. The van der Waals surface area contributed by atoms with Gasteiger partial charge >= 0.3 is 0 Å². The van der Waals surface area contributed by atoms with E-state index in [2.05, 4.69) is 39.4 Å². The van der Waals surface area contributed by atoms with E-state index in [9.17, 15) is 9.59 Å². The largest absolute Gasteiger partial charge is 0.491 e. The Labute approximate surface area is 190 Å². The van der Waals surface area contributed by atoms with Crippen LogP contribution in [0.25, 0.3) is 0 Å². The highest BCUT2D eigenvalue weighted by Crippen LogP contribution is 2.19. The maximum Gasteiger partial charge on any atom is 0.240 e. The van der Waals surface area contributed by atoms with Crippen LogP contribution in [0.15, 0.2) is 47.4 Å². The van der Waals surface area contributed by atoms with Crippen LogP contribution in [0, 0.1) is 0 Å². The Morgan fingerprint density at radius 1 is 1.06 bits per heavy atom. The van der Waals surface area contributed by atoms with Gasteiger partial charge in [-0.05, 0) is 25.0 Å². The summed E-state index contributed by atoms with van der Waals surface area (Å²) in [5.74, 6) is 0.269. The first-order valence-corrected chi connectivity index (χ1v) is 11.7. The minimum absolute atomic E-state index is 0.00208. The molecule has 1 N–H and O–H groups in total. The van der Waals surface area contributed by atoms with Gasteiger partial charge in [-0.3, -0.25) is 14.5 Å². The van der Waals surface area contributed by atoms with Crippen LogP contribution in [0.5, 0.6) is 5.75 Å². The van der Waals surface area contributed by atoms with Gasteiger partial charge < -0.3 is 19.5 Å². The predicted octanol–water partition coefficient (Wildman–Crippen LogP) is 2.63. The second-order valence-corrected chi connectivity index (χ2v) is 8.83. The van der Waals surface area contributed by atoms with Crippen LogP contribution in [0.4, 0.5) is 5.69 Å². The van der Waals surface area contributed by atoms with Gasteiger partial charge in [0.15, 0.2) is 5.75 Å². The fourth-order valence-corrected chi connectivity index (χ4v) is 4.74. The molecular weight excluding hydrogens is 404 g/mol. The summed E-state index contributed by atoms with van der Waals surface area (Å²) in [7, 11) is 1.49. The third-order valence-corrected chi connectivity index (χ3v) is 6.57. The summed E-state index contributed by atoms with van der Waals surface area (Å²) < 4.78 is 7.12. The topological polar surface area (TPSA) is 66.8 Å². The smallest absolute Gasteiger partial charge is 0.240 e. The second-order valence-electron chi connectivity index (χ2n) is 8.83. The maximum absolute atomic E-state index is 12.7. The molecule has 0 atom stereocenters. The highest BCUT2D eigenvalue weighted by molar-refractivity contribution is 5.76. The van der Waals surface area contributed by atoms with Crippen molar-refractivity contribution >= 4 is 11.6 Å². The van der Waals surface area contributed by atoms with Crippen LogP contribution in [-0.2, 0) is 17.9 Å². The van der Waals surface area contributed by atoms with Crippen molar-refractivity contribution in [1.82, 2.24) is 14.8 Å². The third kappa shape index (κ3) is 5.71. The van der Waals surface area contributed by atoms with Gasteiger partial charge in [-0.25, -0.2) is 0 Å². The molecular formula is C25H34N4O3. The number of carbonyl (C=O) groups is 1. The van der Waals surface area contributed by atoms with Gasteiger partial charge in [0.2, 0.25) is 11.3 Å². The summed E-state index contributed by atoms with van der Waals surface area (Å²) in [6.45, 7) is 4.52. The number of rotatable bonds is 7. The van der Waals surface area contributed by atoms with Crippen molar-refractivity contribution < 1.29 is 9.53 Å². The van der Waals surface area contributed by atoms with Crippen LogP contribution < -0.4 is 20.4 Å². The van der Waals surface area contributed by atoms with Gasteiger partial charge in [0.05, 0.1) is 13.3 Å². The number of carbonyl (C=O) groups excluding carboxylic acids is 1. The number of pyridine rings is 1. The lowest BCUT2D eigenvalue weighted by Crippen LogP contribution is -2.46. The van der Waals surface area contributed by atoms with Gasteiger partial charge in [-0.15, -0.1) is 0 Å². The van der Waals surface area contributed by atoms with Crippen molar-refractivity contribution in [3.63, 3.8) is 0 Å². The van der Waals surface area contributed by atoms with Crippen LogP contribution in [0.1, 0.15) is 37.8 Å². The minimum atomic E-state index is -0.144. The Bertz CT molecular complexity index is 945. The summed E-state index contributed by atoms with van der Waals surface area (Å²) in [6.07, 6.45) is 7.40. The molecule has 7 nitrogen and oxygen atoms in total. The molecule has 1 saturated heterocycles. The Morgan fingerprint density at radius 3 is 2.47 bits per heavy atom. The zero-order chi connectivity index (χ0) is 22.3. The number of hydrogen-bond donors (Lipinski definition) is 1. The highest BCUT2D eigenvalue weighted by Gasteiger charge is 2.20. The lowest BCUT2D eigenvalue weighted by Gasteiger charge is -2.36. The molecule has 1 aromatic heterocycles. The number of methoxy groups -OCH3 is 1. The Hall–Kier alpha value is -2.80. The average Bonchev–Trinajstić information content (AvgIpc) is 2.82. The number of ether oxygens (including phenoxy) is 1. The fourth-order valence-electron chi connectivity index (χ4n) is 4.74. The van der Waals surface area contributed by atoms with Gasteiger partial charge in [-0.2, -0.15) is 0 Å². The molecule has 2 fully saturated rings. The summed E-state index contributed by atoms with van der Waals surface area (Å²) in [5.41, 5.74) is 1.95. The van der Waals surface area contributed by atoms with Crippen molar-refractivity contribution in [2.45, 2.75) is 51.2 Å². The van der Waals surface area contributed by atoms with Crippen molar-refractivity contribution in [1.29, 1.82) is 0 Å². The molecule has 0 unspecified atom stereocenters. The zero-order valence-electron chi connectivity index (χ0n) is 19.0. The number of para-hydroxylation sites is 1. The van der Waals surface area contributed by atoms with E-state index < -0.39 is 0 Å². The van der Waals surface area contributed by atoms with Crippen molar-refractivity contribution in [2.75, 3.05) is 38.2 Å². The molecule has 1 amide bonds. The van der Waals surface area contributed by atoms with Gasteiger partial charge in [0, 0.05) is 56.2 Å². The second kappa shape index (κ2) is 10.7. The third-order valence-electron chi connectivity index (χ3n) is 6.57. The number of aromatic nitrogens is 1. The quantitative estimate of drug-likeness (QED) is 0.720. The SMILES string of the molecule is COc1cn(CC(=O)NC2CCCCC2)c(CN2CCN(c3ccccc3)CC2)cc1=O. The lowest BCUT2D eigenvalue weighted by atomic mass is 9.95. The Balaban J connectivity index is 1.41. The van der Waals surface area contributed by atoms with E-state index in [0.29, 0.717) is 6.54 Å². The molecule has 2 aromatic rings. The minimum Gasteiger partial charge on any atom is -0.491 e. The van der Waals surface area contributed by atoms with E-state index in [1.807, 2.05) is 10.6 Å². The van der Waals surface area contributed by atoms with Crippen molar-refractivity contribution in [3.8, 4) is 5.75 Å². The van der Waals surface area contributed by atoms with Crippen LogP contribution in [0.2, 0.25) is 0 Å². The van der Waals surface area contributed by atoms with Gasteiger partial charge in [0.25, 0.3) is 0 Å². The monoisotopic (exact) mass is 438 g/mol. The average molecular weight is 439 g/mol. The summed E-state index contributed by atoms with van der Waals surface area (Å²) in [5, 5.41) is 3.18.